The van der Waals surface area contributed by atoms with E-state index in [9.17, 15) is 19.7 Å². The zero-order valence-corrected chi connectivity index (χ0v) is 13.8. The molecule has 2 aromatic rings. The van der Waals surface area contributed by atoms with E-state index in [1.54, 1.807) is 0 Å². The lowest BCUT2D eigenvalue weighted by Crippen LogP contribution is -2.33. The average Bonchev–Trinajstić information content (AvgIpc) is 2.82. The van der Waals surface area contributed by atoms with Gasteiger partial charge in [0.15, 0.2) is 0 Å². The lowest BCUT2D eigenvalue weighted by Gasteiger charge is -2.15. The molecule has 0 unspecified atom stereocenters. The van der Waals surface area contributed by atoms with Gasteiger partial charge in [-0.3, -0.25) is 24.6 Å². The van der Waals surface area contributed by atoms with Gasteiger partial charge in [-0.25, -0.2) is 0 Å². The Morgan fingerprint density at radius 1 is 1.04 bits per heavy atom. The van der Waals surface area contributed by atoms with Crippen molar-refractivity contribution >= 4 is 17.5 Å². The van der Waals surface area contributed by atoms with Crippen LogP contribution in [0.15, 0.2) is 36.4 Å². The van der Waals surface area contributed by atoms with Gasteiger partial charge in [-0.05, 0) is 37.1 Å². The monoisotopic (exact) mass is 340 g/mol. The van der Waals surface area contributed by atoms with E-state index in [0.717, 1.165) is 22.1 Å². The highest BCUT2D eigenvalue weighted by molar-refractivity contribution is 6.21. The van der Waals surface area contributed by atoms with Crippen LogP contribution in [0.4, 0.5) is 5.69 Å². The number of rotatable bonds is 5. The summed E-state index contributed by atoms with van der Waals surface area (Å²) in [5.41, 5.74) is 2.04. The Balaban J connectivity index is 1.72. The molecule has 0 spiro atoms. The smallest absolute Gasteiger partial charge is 0.270 e. The van der Waals surface area contributed by atoms with Crippen LogP contribution in [-0.2, 0) is 0 Å². The van der Waals surface area contributed by atoms with Crippen LogP contribution in [0, 0.1) is 24.0 Å². The minimum absolute atomic E-state index is 0.0611. The van der Waals surface area contributed by atoms with Crippen LogP contribution in [0.2, 0.25) is 0 Å². The third kappa shape index (κ3) is 3.08. The van der Waals surface area contributed by atoms with Gasteiger partial charge in [0, 0.05) is 12.1 Å². The first kappa shape index (κ1) is 16.6. The summed E-state index contributed by atoms with van der Waals surface area (Å²) in [6.45, 7) is 4.09. The number of nitrogens with zero attached hydrogens (tertiary/aromatic N) is 2. The number of imide groups is 1. The quantitative estimate of drug-likeness (QED) is 0.474. The lowest BCUT2D eigenvalue weighted by atomic mass is 10.1. The molecule has 7 nitrogen and oxygen atoms in total. The average molecular weight is 340 g/mol. The lowest BCUT2D eigenvalue weighted by molar-refractivity contribution is -0.384. The molecule has 25 heavy (non-hydrogen) atoms. The highest BCUT2D eigenvalue weighted by Crippen LogP contribution is 2.27. The largest absolute Gasteiger partial charge is 0.491 e. The number of hydrogen-bond acceptors (Lipinski definition) is 5. The number of ether oxygens (including phenoxy) is 1. The first-order valence-corrected chi connectivity index (χ1v) is 7.73. The van der Waals surface area contributed by atoms with Gasteiger partial charge >= 0.3 is 0 Å². The second kappa shape index (κ2) is 6.35. The molecule has 0 aromatic heterocycles. The fourth-order valence-electron chi connectivity index (χ4n) is 2.71. The molecule has 1 aliphatic heterocycles. The number of benzene rings is 2. The Morgan fingerprint density at radius 2 is 1.76 bits per heavy atom. The van der Waals surface area contributed by atoms with Crippen LogP contribution in [0.25, 0.3) is 0 Å². The Labute approximate surface area is 144 Å². The molecular weight excluding hydrogens is 324 g/mol. The van der Waals surface area contributed by atoms with Crippen LogP contribution in [-0.4, -0.2) is 34.8 Å². The van der Waals surface area contributed by atoms with E-state index in [4.69, 9.17) is 4.74 Å². The van der Waals surface area contributed by atoms with E-state index in [2.05, 4.69) is 0 Å². The molecule has 0 radical (unpaired) electrons. The number of fused-ring (bicyclic) bond motifs is 1. The van der Waals surface area contributed by atoms with Crippen LogP contribution >= 0.6 is 0 Å². The fraction of sp³-hybridized carbons (Fsp3) is 0.222. The van der Waals surface area contributed by atoms with Gasteiger partial charge in [0.05, 0.1) is 22.6 Å². The maximum Gasteiger partial charge on any atom is 0.270 e. The number of hydrogen-bond donors (Lipinski definition) is 0. The summed E-state index contributed by atoms with van der Waals surface area (Å²) in [5, 5.41) is 10.8. The van der Waals surface area contributed by atoms with Crippen molar-refractivity contribution in [1.82, 2.24) is 4.90 Å². The molecule has 0 N–H and O–H groups in total. The van der Waals surface area contributed by atoms with Crippen molar-refractivity contribution in [3.63, 3.8) is 0 Å². The minimum atomic E-state index is -0.593. The molecule has 0 saturated heterocycles. The summed E-state index contributed by atoms with van der Waals surface area (Å²) < 4.78 is 5.68. The van der Waals surface area contributed by atoms with Gasteiger partial charge in [-0.2, -0.15) is 0 Å². The summed E-state index contributed by atoms with van der Waals surface area (Å²) in [4.78, 5) is 36.0. The number of aryl methyl sites for hydroxylation is 2. The predicted octanol–water partition coefficient (Wildman–Crippen LogP) is 2.89. The van der Waals surface area contributed by atoms with Gasteiger partial charge < -0.3 is 4.74 Å². The van der Waals surface area contributed by atoms with Crippen LogP contribution in [0.1, 0.15) is 31.8 Å². The molecule has 1 aliphatic rings. The van der Waals surface area contributed by atoms with Crippen LogP contribution in [0.3, 0.4) is 0 Å². The van der Waals surface area contributed by atoms with Crippen LogP contribution in [0.5, 0.6) is 5.75 Å². The number of nitro groups is 1. The molecular formula is C18H16N2O5. The minimum Gasteiger partial charge on any atom is -0.491 e. The maximum atomic E-state index is 12.4. The number of carbonyl (C=O) groups excluding carboxylic acids is 2. The van der Waals surface area contributed by atoms with E-state index in [1.165, 1.54) is 12.1 Å². The van der Waals surface area contributed by atoms with Crippen molar-refractivity contribution < 1.29 is 19.2 Å². The Kier molecular flexibility index (Phi) is 4.22. The second-order valence-corrected chi connectivity index (χ2v) is 5.87. The summed E-state index contributed by atoms with van der Waals surface area (Å²) in [7, 11) is 0. The molecule has 0 atom stereocenters. The zero-order valence-electron chi connectivity index (χ0n) is 13.8. The van der Waals surface area contributed by atoms with E-state index in [-0.39, 0.29) is 30.0 Å². The van der Waals surface area contributed by atoms with E-state index in [1.807, 2.05) is 32.0 Å². The molecule has 2 amide bonds. The van der Waals surface area contributed by atoms with E-state index in [0.29, 0.717) is 5.75 Å². The third-order valence-corrected chi connectivity index (χ3v) is 4.08. The predicted molar refractivity (Wildman–Crippen MR) is 89.9 cm³/mol. The third-order valence-electron chi connectivity index (χ3n) is 4.08. The maximum absolute atomic E-state index is 12.4. The summed E-state index contributed by atoms with van der Waals surface area (Å²) in [6.07, 6.45) is 0. The molecule has 3 rings (SSSR count). The molecule has 0 fully saturated rings. The van der Waals surface area contributed by atoms with Crippen LogP contribution < -0.4 is 4.74 Å². The van der Waals surface area contributed by atoms with Gasteiger partial charge in [-0.1, -0.05) is 12.1 Å². The summed E-state index contributed by atoms with van der Waals surface area (Å²) in [5.74, 6) is -0.292. The zero-order chi connectivity index (χ0) is 18.1. The van der Waals surface area contributed by atoms with Crippen molar-refractivity contribution in [1.29, 1.82) is 0 Å². The number of carbonyl (C=O) groups is 2. The van der Waals surface area contributed by atoms with Gasteiger partial charge in [0.2, 0.25) is 0 Å². The van der Waals surface area contributed by atoms with Crippen molar-refractivity contribution in [3.8, 4) is 5.75 Å². The molecule has 0 bridgehead atoms. The number of nitro benzene ring substituents is 1. The van der Waals surface area contributed by atoms with Gasteiger partial charge in [0.25, 0.3) is 17.5 Å². The molecule has 1 heterocycles. The standard InChI is InChI=1S/C18H16N2O5/c1-11-3-4-12(2)16(9-11)25-8-7-19-17(21)14-6-5-13(20(23)24)10-15(14)18(19)22/h3-6,9-10H,7-8H2,1-2H3. The second-order valence-electron chi connectivity index (χ2n) is 5.87. The Hall–Kier alpha value is -3.22. The highest BCUT2D eigenvalue weighted by Gasteiger charge is 2.36. The topological polar surface area (TPSA) is 89.8 Å². The van der Waals surface area contributed by atoms with Crippen molar-refractivity contribution in [2.45, 2.75) is 13.8 Å². The SMILES string of the molecule is Cc1ccc(C)c(OCCN2C(=O)c3ccc([N+](=O)[O-])cc3C2=O)c1. The van der Waals surface area contributed by atoms with Gasteiger partial charge in [0.1, 0.15) is 12.4 Å². The fourth-order valence-corrected chi connectivity index (χ4v) is 2.71. The molecule has 7 heteroatoms. The summed E-state index contributed by atoms with van der Waals surface area (Å²) >= 11 is 0. The first-order chi connectivity index (χ1) is 11.9. The molecule has 0 saturated carbocycles. The Bertz CT molecular complexity index is 891. The number of amides is 2. The van der Waals surface area contributed by atoms with Crippen molar-refractivity contribution in [2.24, 2.45) is 0 Å². The number of non-ortho nitro benzene ring substituents is 1. The normalized spacial score (nSPS) is 13.1. The van der Waals surface area contributed by atoms with Crippen molar-refractivity contribution in [2.75, 3.05) is 13.2 Å². The molecule has 2 aromatic carbocycles. The van der Waals surface area contributed by atoms with E-state index >= 15 is 0 Å². The van der Waals surface area contributed by atoms with E-state index < -0.39 is 16.7 Å². The van der Waals surface area contributed by atoms with Gasteiger partial charge in [-0.15, -0.1) is 0 Å². The highest BCUT2D eigenvalue weighted by atomic mass is 16.6. The first-order valence-electron chi connectivity index (χ1n) is 7.73. The Morgan fingerprint density at radius 3 is 2.48 bits per heavy atom. The van der Waals surface area contributed by atoms with Crippen molar-refractivity contribution in [3.05, 3.63) is 68.8 Å². The molecule has 0 aliphatic carbocycles. The summed E-state index contributed by atoms with van der Waals surface area (Å²) in [6, 6.07) is 9.48. The molecule has 128 valence electrons.